The highest BCUT2D eigenvalue weighted by Crippen LogP contribution is 2.31. The second kappa shape index (κ2) is 13.3. The zero-order chi connectivity index (χ0) is 29.6. The summed E-state index contributed by atoms with van der Waals surface area (Å²) < 4.78 is 1.86. The van der Waals surface area contributed by atoms with Crippen molar-refractivity contribution in [3.8, 4) is 0 Å². The number of benzene rings is 3. The van der Waals surface area contributed by atoms with Crippen LogP contribution in [0.3, 0.4) is 0 Å². The van der Waals surface area contributed by atoms with E-state index in [2.05, 4.69) is 37.6 Å². The van der Waals surface area contributed by atoms with Gasteiger partial charge >= 0.3 is 12.0 Å². The molecular formula is C31H29BrN4O5S. The first-order valence-corrected chi connectivity index (χ1v) is 15.1. The molecule has 1 aromatic heterocycles. The number of fused-ring (bicyclic) bond motifs is 1. The van der Waals surface area contributed by atoms with Gasteiger partial charge in [-0.1, -0.05) is 57.6 Å². The third kappa shape index (κ3) is 7.22. The molecule has 0 unspecified atom stereocenters. The van der Waals surface area contributed by atoms with Gasteiger partial charge in [-0.2, -0.15) is 0 Å². The molecule has 3 aromatic carbocycles. The maximum absolute atomic E-state index is 13.7. The standard InChI is InChI=1S/C31H29BrN4O5S/c32-23-12-15-27-25(16-23)34-30(42-27)35-31(41)36(24-13-10-21(11-14-24)20-4-2-1-3-5-20)18-19-6-8-22(9-7-19)28(38)33-17-26(37)29(39)40/h4,6-16,26,37H,1-3,5,17-18H2,(H,33,38)(H,39,40)(H,34,35,41)/t26-/m1/s1. The molecule has 0 saturated carbocycles. The number of carboxylic acid groups (broad SMARTS) is 1. The second-order valence-corrected chi connectivity index (χ2v) is 11.9. The van der Waals surface area contributed by atoms with Crippen LogP contribution in [0.1, 0.15) is 47.2 Å². The minimum Gasteiger partial charge on any atom is -0.479 e. The fourth-order valence-electron chi connectivity index (χ4n) is 4.67. The second-order valence-electron chi connectivity index (χ2n) is 9.93. The number of nitrogens with one attached hydrogen (secondary N) is 2. The van der Waals surface area contributed by atoms with Crippen molar-refractivity contribution in [1.82, 2.24) is 10.3 Å². The fraction of sp³-hybridized carbons (Fsp3) is 0.226. The Kier molecular flexibility index (Phi) is 9.31. The largest absolute Gasteiger partial charge is 0.479 e. The van der Waals surface area contributed by atoms with Gasteiger partial charge in [-0.3, -0.25) is 15.0 Å². The SMILES string of the molecule is O=C(NC[C@@H](O)C(=O)O)c1ccc(CN(C(=O)Nc2nc3cc(Br)ccc3s2)c2ccc(C3=CCCCC3)cc2)cc1. The molecule has 1 aliphatic carbocycles. The van der Waals surface area contributed by atoms with Gasteiger partial charge < -0.3 is 15.5 Å². The Morgan fingerprint density at radius 2 is 1.79 bits per heavy atom. The van der Waals surface area contributed by atoms with Crippen molar-refractivity contribution < 1.29 is 24.6 Å². The van der Waals surface area contributed by atoms with Gasteiger partial charge in [0.25, 0.3) is 5.91 Å². The van der Waals surface area contributed by atoms with E-state index in [1.54, 1.807) is 29.2 Å². The van der Waals surface area contributed by atoms with Gasteiger partial charge in [-0.25, -0.2) is 14.6 Å². The Morgan fingerprint density at radius 1 is 1.02 bits per heavy atom. The Labute approximate surface area is 255 Å². The van der Waals surface area contributed by atoms with Crippen molar-refractivity contribution in [1.29, 1.82) is 0 Å². The van der Waals surface area contributed by atoms with E-state index >= 15 is 0 Å². The lowest BCUT2D eigenvalue weighted by Gasteiger charge is -2.23. The first kappa shape index (κ1) is 29.4. The predicted molar refractivity (Wildman–Crippen MR) is 168 cm³/mol. The van der Waals surface area contributed by atoms with Crippen LogP contribution in [0.15, 0.2) is 77.3 Å². The van der Waals surface area contributed by atoms with E-state index in [-0.39, 0.29) is 12.6 Å². The van der Waals surface area contributed by atoms with Gasteiger partial charge in [0.1, 0.15) is 0 Å². The summed E-state index contributed by atoms with van der Waals surface area (Å²) >= 11 is 4.85. The molecule has 216 valence electrons. The van der Waals surface area contributed by atoms with E-state index in [9.17, 15) is 19.5 Å². The number of allylic oxidation sites excluding steroid dienone is 2. The van der Waals surface area contributed by atoms with Crippen LogP contribution in [0.4, 0.5) is 15.6 Å². The molecule has 9 nitrogen and oxygen atoms in total. The zero-order valence-electron chi connectivity index (χ0n) is 22.5. The number of aromatic nitrogens is 1. The van der Waals surface area contributed by atoms with E-state index in [0.717, 1.165) is 38.7 Å². The summed E-state index contributed by atoms with van der Waals surface area (Å²) in [5, 5.41) is 24.0. The van der Waals surface area contributed by atoms with Gasteiger partial charge in [-0.05, 0) is 84.8 Å². The molecule has 0 radical (unpaired) electrons. The van der Waals surface area contributed by atoms with Crippen LogP contribution in [-0.4, -0.2) is 45.8 Å². The van der Waals surface area contributed by atoms with Gasteiger partial charge in [0.15, 0.2) is 11.2 Å². The summed E-state index contributed by atoms with van der Waals surface area (Å²) in [4.78, 5) is 43.0. The number of aliphatic carboxylic acids is 1. The summed E-state index contributed by atoms with van der Waals surface area (Å²) in [6, 6.07) is 20.1. The number of aliphatic hydroxyl groups excluding tert-OH is 1. The average Bonchev–Trinajstić information content (AvgIpc) is 3.40. The third-order valence-electron chi connectivity index (χ3n) is 6.95. The lowest BCUT2D eigenvalue weighted by molar-refractivity contribution is -0.146. The lowest BCUT2D eigenvalue weighted by Crippen LogP contribution is -2.36. The number of anilines is 2. The molecule has 1 atom stereocenters. The Morgan fingerprint density at radius 3 is 2.48 bits per heavy atom. The summed E-state index contributed by atoms with van der Waals surface area (Å²) in [5.74, 6) is -1.92. The molecule has 0 fully saturated rings. The first-order valence-electron chi connectivity index (χ1n) is 13.5. The maximum atomic E-state index is 13.7. The molecule has 4 aromatic rings. The lowest BCUT2D eigenvalue weighted by atomic mass is 9.93. The van der Waals surface area contributed by atoms with Crippen molar-refractivity contribution >= 4 is 71.8 Å². The first-order chi connectivity index (χ1) is 20.3. The monoisotopic (exact) mass is 648 g/mol. The van der Waals surface area contributed by atoms with Crippen molar-refractivity contribution in [2.24, 2.45) is 0 Å². The van der Waals surface area contributed by atoms with Crippen LogP contribution in [0.5, 0.6) is 0 Å². The van der Waals surface area contributed by atoms with Crippen LogP contribution >= 0.6 is 27.3 Å². The zero-order valence-corrected chi connectivity index (χ0v) is 25.0. The number of urea groups is 1. The number of hydrogen-bond acceptors (Lipinski definition) is 6. The van der Waals surface area contributed by atoms with Crippen molar-refractivity contribution in [3.05, 3.63) is 94.0 Å². The summed E-state index contributed by atoms with van der Waals surface area (Å²) in [7, 11) is 0. The number of amides is 3. The predicted octanol–water partition coefficient (Wildman–Crippen LogP) is 6.43. The summed E-state index contributed by atoms with van der Waals surface area (Å²) in [6.07, 6.45) is 5.12. The molecule has 0 bridgehead atoms. The van der Waals surface area contributed by atoms with E-state index in [4.69, 9.17) is 5.11 Å². The Hall–Kier alpha value is -4.06. The number of halogens is 1. The van der Waals surface area contributed by atoms with Crippen molar-refractivity contribution in [2.75, 3.05) is 16.8 Å². The summed E-state index contributed by atoms with van der Waals surface area (Å²) in [6.45, 7) is -0.177. The Bertz CT molecular complexity index is 1640. The van der Waals surface area contributed by atoms with Crippen LogP contribution < -0.4 is 15.5 Å². The third-order valence-corrected chi connectivity index (χ3v) is 8.39. The van der Waals surface area contributed by atoms with Crippen molar-refractivity contribution in [2.45, 2.75) is 38.3 Å². The molecule has 4 N–H and O–H groups in total. The minimum absolute atomic E-state index is 0.226. The topological polar surface area (TPSA) is 132 Å². The highest BCUT2D eigenvalue weighted by Gasteiger charge is 2.20. The van der Waals surface area contributed by atoms with Crippen LogP contribution in [0.2, 0.25) is 0 Å². The minimum atomic E-state index is -1.68. The van der Waals surface area contributed by atoms with Gasteiger partial charge in [0.05, 0.1) is 23.3 Å². The number of carbonyl (C=O) groups is 3. The number of aliphatic hydroxyl groups is 1. The Balaban J connectivity index is 1.36. The van der Waals surface area contributed by atoms with Gasteiger partial charge in [0, 0.05) is 15.7 Å². The fourth-order valence-corrected chi connectivity index (χ4v) is 5.86. The van der Waals surface area contributed by atoms with Crippen LogP contribution in [0, 0.1) is 0 Å². The molecule has 42 heavy (non-hydrogen) atoms. The number of rotatable bonds is 9. The van der Waals surface area contributed by atoms with Crippen LogP contribution in [-0.2, 0) is 11.3 Å². The van der Waals surface area contributed by atoms with Gasteiger partial charge in [0.2, 0.25) is 0 Å². The quantitative estimate of drug-likeness (QED) is 0.165. The average molecular weight is 650 g/mol. The van der Waals surface area contributed by atoms with Crippen molar-refractivity contribution in [3.63, 3.8) is 0 Å². The molecule has 1 heterocycles. The molecular weight excluding hydrogens is 620 g/mol. The number of hydrogen-bond donors (Lipinski definition) is 4. The molecule has 11 heteroatoms. The van der Waals surface area contributed by atoms with E-state index < -0.39 is 24.5 Å². The highest BCUT2D eigenvalue weighted by molar-refractivity contribution is 9.10. The molecule has 5 rings (SSSR count). The van der Waals surface area contributed by atoms with E-state index in [1.807, 2.05) is 42.5 Å². The number of nitrogens with zero attached hydrogens (tertiary/aromatic N) is 2. The number of thiazole rings is 1. The van der Waals surface area contributed by atoms with Gasteiger partial charge in [-0.15, -0.1) is 0 Å². The molecule has 3 amide bonds. The number of carbonyl (C=O) groups excluding carboxylic acids is 2. The molecule has 0 aliphatic heterocycles. The van der Waals surface area contributed by atoms with Crippen LogP contribution in [0.25, 0.3) is 15.8 Å². The molecule has 1 aliphatic rings. The molecule has 0 spiro atoms. The van der Waals surface area contributed by atoms with E-state index in [1.165, 1.54) is 29.8 Å². The maximum Gasteiger partial charge on any atom is 0.334 e. The normalized spacial score (nSPS) is 13.7. The van der Waals surface area contributed by atoms with E-state index in [0.29, 0.717) is 16.4 Å². The molecule has 0 saturated heterocycles. The highest BCUT2D eigenvalue weighted by atomic mass is 79.9. The number of carboxylic acids is 1. The smallest absolute Gasteiger partial charge is 0.334 e. The summed E-state index contributed by atoms with van der Waals surface area (Å²) in [5.41, 5.74) is 5.05.